The highest BCUT2D eigenvalue weighted by Crippen LogP contribution is 2.36. The fraction of sp³-hybridized carbons (Fsp3) is 0.500. The van der Waals surface area contributed by atoms with Gasteiger partial charge in [-0.3, -0.25) is 0 Å². The van der Waals surface area contributed by atoms with Crippen LogP contribution in [0.25, 0.3) is 0 Å². The highest BCUT2D eigenvalue weighted by atomic mass is 127. The third-order valence-electron chi connectivity index (χ3n) is 3.21. The van der Waals surface area contributed by atoms with Crippen molar-refractivity contribution in [3.63, 3.8) is 0 Å². The van der Waals surface area contributed by atoms with Gasteiger partial charge >= 0.3 is 12.4 Å². The van der Waals surface area contributed by atoms with Gasteiger partial charge in [0.2, 0.25) is 0 Å². The van der Waals surface area contributed by atoms with Gasteiger partial charge in [-0.15, -0.1) is 0 Å². The van der Waals surface area contributed by atoms with Crippen molar-refractivity contribution in [3.8, 4) is 0 Å². The number of allylic oxidation sites excluding steroid dienone is 1. The van der Waals surface area contributed by atoms with Gasteiger partial charge in [-0.2, -0.15) is 26.3 Å². The van der Waals surface area contributed by atoms with E-state index in [4.69, 9.17) is 4.74 Å². The number of rotatable bonds is 7. The van der Waals surface area contributed by atoms with E-state index in [1.807, 2.05) is 11.0 Å². The Labute approximate surface area is 150 Å². The van der Waals surface area contributed by atoms with Crippen molar-refractivity contribution in [1.29, 1.82) is 0 Å². The predicted octanol–water partition coefficient (Wildman–Crippen LogP) is 6.75. The molecule has 0 N–H and O–H groups in total. The summed E-state index contributed by atoms with van der Waals surface area (Å²) in [6.45, 7) is 1.98. The Hall–Kier alpha value is -0.770. The molecule has 1 nitrogen and oxygen atoms in total. The Morgan fingerprint density at radius 3 is 2.00 bits per heavy atom. The Morgan fingerprint density at radius 1 is 1.00 bits per heavy atom. The molecule has 1 aromatic carbocycles. The van der Waals surface area contributed by atoms with Crippen LogP contribution in [-0.2, 0) is 23.7 Å². The molecular formula is C16H17F6IO. The maximum atomic E-state index is 12.7. The number of hydrogen-bond donors (Lipinski definition) is 0. The van der Waals surface area contributed by atoms with E-state index < -0.39 is 23.5 Å². The smallest absolute Gasteiger partial charge is 0.377 e. The van der Waals surface area contributed by atoms with Gasteiger partial charge in [-0.05, 0) is 54.0 Å². The average molecular weight is 466 g/mol. The van der Waals surface area contributed by atoms with Crippen LogP contribution in [0.5, 0.6) is 0 Å². The number of hydrogen-bond acceptors (Lipinski definition) is 1. The second-order valence-corrected chi connectivity index (χ2v) is 6.00. The molecule has 8 heteroatoms. The van der Waals surface area contributed by atoms with E-state index in [0.29, 0.717) is 18.6 Å². The first-order chi connectivity index (χ1) is 11.0. The summed E-state index contributed by atoms with van der Waals surface area (Å²) in [6, 6.07) is 1.50. The summed E-state index contributed by atoms with van der Waals surface area (Å²) in [5.74, 6) is 0. The number of unbranched alkanes of at least 4 members (excludes halogenated alkanes) is 1. The lowest BCUT2D eigenvalue weighted by atomic mass is 10.1. The van der Waals surface area contributed by atoms with E-state index in [0.717, 1.165) is 12.8 Å². The second kappa shape index (κ2) is 9.07. The predicted molar refractivity (Wildman–Crippen MR) is 87.7 cm³/mol. The first-order valence-electron chi connectivity index (χ1n) is 7.16. The zero-order valence-electron chi connectivity index (χ0n) is 12.9. The monoisotopic (exact) mass is 466 g/mol. The quantitative estimate of drug-likeness (QED) is 0.246. The van der Waals surface area contributed by atoms with E-state index in [1.54, 1.807) is 0 Å². The van der Waals surface area contributed by atoms with E-state index in [9.17, 15) is 26.3 Å². The van der Waals surface area contributed by atoms with Crippen LogP contribution in [0.1, 0.15) is 42.9 Å². The molecule has 0 saturated heterocycles. The van der Waals surface area contributed by atoms with Gasteiger partial charge in [-0.1, -0.05) is 28.2 Å². The van der Waals surface area contributed by atoms with Gasteiger partial charge in [0.15, 0.2) is 0 Å². The molecule has 0 unspecified atom stereocenters. The summed E-state index contributed by atoms with van der Waals surface area (Å²) >= 11 is 2.13. The van der Waals surface area contributed by atoms with Crippen molar-refractivity contribution in [2.24, 2.45) is 0 Å². The van der Waals surface area contributed by atoms with Gasteiger partial charge in [-0.25, -0.2) is 0 Å². The van der Waals surface area contributed by atoms with Crippen LogP contribution in [-0.4, -0.2) is 6.61 Å². The number of benzene rings is 1. The van der Waals surface area contributed by atoms with E-state index >= 15 is 0 Å². The summed E-state index contributed by atoms with van der Waals surface area (Å²) in [4.78, 5) is 0. The van der Waals surface area contributed by atoms with Gasteiger partial charge in [0.25, 0.3) is 0 Å². The number of alkyl halides is 6. The van der Waals surface area contributed by atoms with Crippen LogP contribution in [0, 0.1) is 0 Å². The lowest BCUT2D eigenvalue weighted by Gasteiger charge is -2.14. The largest absolute Gasteiger partial charge is 0.416 e. The van der Waals surface area contributed by atoms with Gasteiger partial charge in [0.05, 0.1) is 17.7 Å². The lowest BCUT2D eigenvalue weighted by molar-refractivity contribution is -0.143. The van der Waals surface area contributed by atoms with Crippen molar-refractivity contribution in [2.45, 2.75) is 45.1 Å². The van der Waals surface area contributed by atoms with Crippen molar-refractivity contribution in [1.82, 2.24) is 0 Å². The molecule has 1 rings (SSSR count). The summed E-state index contributed by atoms with van der Waals surface area (Å²) < 4.78 is 83.5. The first kappa shape index (κ1) is 21.3. The molecule has 0 amide bonds. The molecule has 0 bridgehead atoms. The summed E-state index contributed by atoms with van der Waals surface area (Å²) in [7, 11) is 0. The van der Waals surface area contributed by atoms with E-state index in [1.165, 1.54) is 5.57 Å². The SMILES string of the molecule is CC(=CI)CCCCOCc1cc(C(F)(F)F)cc(C(F)(F)F)c1. The fourth-order valence-electron chi connectivity index (χ4n) is 1.96. The normalized spacial score (nSPS) is 13.4. The molecule has 0 aliphatic heterocycles. The number of ether oxygens (including phenoxy) is 1. The van der Waals surface area contributed by atoms with Crippen molar-refractivity contribution in [3.05, 3.63) is 44.5 Å². The molecule has 0 heterocycles. The molecular weight excluding hydrogens is 449 g/mol. The van der Waals surface area contributed by atoms with Crippen LogP contribution < -0.4 is 0 Å². The standard InChI is InChI=1S/C16H17F6IO/c1-11(9-23)4-2-3-5-24-10-12-6-13(15(17,18)19)8-14(7-12)16(20,21)22/h6-9H,2-5,10H2,1H3. The molecule has 0 atom stereocenters. The van der Waals surface area contributed by atoms with Crippen molar-refractivity contribution < 1.29 is 31.1 Å². The van der Waals surface area contributed by atoms with E-state index in [2.05, 4.69) is 22.6 Å². The zero-order valence-corrected chi connectivity index (χ0v) is 15.1. The van der Waals surface area contributed by atoms with Crippen LogP contribution in [0.3, 0.4) is 0 Å². The lowest BCUT2D eigenvalue weighted by Crippen LogP contribution is -2.12. The van der Waals surface area contributed by atoms with Gasteiger partial charge in [0.1, 0.15) is 0 Å². The highest BCUT2D eigenvalue weighted by molar-refractivity contribution is 14.1. The third-order valence-corrected chi connectivity index (χ3v) is 4.28. The average Bonchev–Trinajstić information content (AvgIpc) is 2.48. The molecule has 1 aromatic rings. The fourth-order valence-corrected chi connectivity index (χ4v) is 2.27. The summed E-state index contributed by atoms with van der Waals surface area (Å²) in [5, 5.41) is 0. The highest BCUT2D eigenvalue weighted by Gasteiger charge is 2.36. The molecule has 0 aliphatic carbocycles. The third kappa shape index (κ3) is 7.42. The maximum absolute atomic E-state index is 12.7. The maximum Gasteiger partial charge on any atom is 0.416 e. The van der Waals surface area contributed by atoms with Crippen LogP contribution >= 0.6 is 22.6 Å². The molecule has 0 radical (unpaired) electrons. The summed E-state index contributed by atoms with van der Waals surface area (Å²) in [6.07, 6.45) is -7.25. The first-order valence-corrected chi connectivity index (χ1v) is 8.40. The molecule has 0 aliphatic rings. The molecule has 24 heavy (non-hydrogen) atoms. The number of halogens is 7. The van der Waals surface area contributed by atoms with Gasteiger partial charge < -0.3 is 4.74 Å². The molecule has 0 saturated carbocycles. The Balaban J connectivity index is 2.67. The molecule has 0 spiro atoms. The van der Waals surface area contributed by atoms with E-state index in [-0.39, 0.29) is 24.8 Å². The molecule has 0 aromatic heterocycles. The minimum atomic E-state index is -4.83. The summed E-state index contributed by atoms with van der Waals surface area (Å²) in [5.41, 5.74) is -1.57. The van der Waals surface area contributed by atoms with Crippen LogP contribution in [0.15, 0.2) is 27.9 Å². The van der Waals surface area contributed by atoms with Crippen LogP contribution in [0.4, 0.5) is 26.3 Å². The van der Waals surface area contributed by atoms with Crippen molar-refractivity contribution in [2.75, 3.05) is 6.61 Å². The topological polar surface area (TPSA) is 9.23 Å². The minimum Gasteiger partial charge on any atom is -0.377 e. The van der Waals surface area contributed by atoms with Gasteiger partial charge in [0, 0.05) is 6.61 Å². The second-order valence-electron chi connectivity index (χ2n) is 5.38. The Kier molecular flexibility index (Phi) is 8.04. The Bertz CT molecular complexity index is 530. The molecule has 0 fully saturated rings. The Morgan fingerprint density at radius 2 is 1.54 bits per heavy atom. The minimum absolute atomic E-state index is 0.114. The zero-order chi connectivity index (χ0) is 18.4. The van der Waals surface area contributed by atoms with Crippen molar-refractivity contribution >= 4 is 22.6 Å². The van der Waals surface area contributed by atoms with Crippen LogP contribution in [0.2, 0.25) is 0 Å². The molecule has 136 valence electrons.